The predicted molar refractivity (Wildman–Crippen MR) is 102 cm³/mol. The number of nitrogens with two attached hydrogens (primary N) is 1. The molecule has 138 valence electrons. The number of carbonyl (C=O) groups is 1. The number of anilines is 2. The molecule has 5 nitrogen and oxygen atoms in total. The molecule has 0 atom stereocenters. The third-order valence-corrected chi connectivity index (χ3v) is 5.12. The number of piperazine rings is 1. The average Bonchev–Trinajstić information content (AvgIpc) is 3.08. The molecular formula is C20H31N3O2. The average molecular weight is 345 g/mol. The van der Waals surface area contributed by atoms with E-state index in [9.17, 15) is 4.79 Å². The highest BCUT2D eigenvalue weighted by Crippen LogP contribution is 2.40. The minimum Gasteiger partial charge on any atom is -0.444 e. The van der Waals surface area contributed by atoms with E-state index in [1.54, 1.807) is 0 Å². The number of nitrogens with zero attached hydrogens (tertiary/aromatic N) is 2. The normalized spacial score (nSPS) is 19.3. The number of nitrogen functional groups attached to an aromatic ring is 1. The molecule has 2 N–H and O–H groups in total. The molecule has 1 amide bonds. The van der Waals surface area contributed by atoms with E-state index in [1.807, 2.05) is 31.7 Å². The van der Waals surface area contributed by atoms with Gasteiger partial charge in [0, 0.05) is 37.6 Å². The van der Waals surface area contributed by atoms with Crippen LogP contribution in [0.4, 0.5) is 16.2 Å². The topological polar surface area (TPSA) is 58.8 Å². The highest BCUT2D eigenvalue weighted by molar-refractivity contribution is 5.69. The van der Waals surface area contributed by atoms with E-state index in [0.717, 1.165) is 18.8 Å². The zero-order valence-corrected chi connectivity index (χ0v) is 15.8. The second-order valence-electron chi connectivity index (χ2n) is 8.25. The zero-order chi connectivity index (χ0) is 18.0. The van der Waals surface area contributed by atoms with Gasteiger partial charge in [-0.1, -0.05) is 12.8 Å². The van der Waals surface area contributed by atoms with Crippen molar-refractivity contribution >= 4 is 17.5 Å². The van der Waals surface area contributed by atoms with Crippen LogP contribution in [0.1, 0.15) is 57.9 Å². The summed E-state index contributed by atoms with van der Waals surface area (Å²) >= 11 is 0. The quantitative estimate of drug-likeness (QED) is 0.824. The van der Waals surface area contributed by atoms with Crippen LogP contribution in [0.2, 0.25) is 0 Å². The van der Waals surface area contributed by atoms with E-state index in [2.05, 4.69) is 17.0 Å². The van der Waals surface area contributed by atoms with Crippen molar-refractivity contribution in [1.82, 2.24) is 4.90 Å². The maximum Gasteiger partial charge on any atom is 0.410 e. The molecule has 1 aliphatic heterocycles. The van der Waals surface area contributed by atoms with Crippen LogP contribution in [0.3, 0.4) is 0 Å². The Labute approximate surface area is 151 Å². The minimum absolute atomic E-state index is 0.208. The third-order valence-electron chi connectivity index (χ3n) is 5.12. The molecule has 25 heavy (non-hydrogen) atoms. The van der Waals surface area contributed by atoms with Crippen molar-refractivity contribution in [3.63, 3.8) is 0 Å². The standard InChI is InChI=1S/C20H31N3O2/c1-20(2,3)25-19(24)23-12-10-22(11-13-23)18-9-8-16(21)14-17(18)15-6-4-5-7-15/h8-9,14-15H,4-7,10-13,21H2,1-3H3. The first-order valence-corrected chi connectivity index (χ1v) is 9.46. The fourth-order valence-corrected chi connectivity index (χ4v) is 3.88. The number of rotatable bonds is 2. The van der Waals surface area contributed by atoms with Crippen molar-refractivity contribution in [3.8, 4) is 0 Å². The monoisotopic (exact) mass is 345 g/mol. The van der Waals surface area contributed by atoms with Crippen LogP contribution in [0.5, 0.6) is 0 Å². The lowest BCUT2D eigenvalue weighted by Gasteiger charge is -2.38. The van der Waals surface area contributed by atoms with E-state index >= 15 is 0 Å². The summed E-state index contributed by atoms with van der Waals surface area (Å²) < 4.78 is 5.49. The van der Waals surface area contributed by atoms with Gasteiger partial charge >= 0.3 is 6.09 Å². The second-order valence-corrected chi connectivity index (χ2v) is 8.25. The van der Waals surface area contributed by atoms with Gasteiger partial charge in [-0.15, -0.1) is 0 Å². The molecule has 1 saturated heterocycles. The Morgan fingerprint density at radius 2 is 1.76 bits per heavy atom. The minimum atomic E-state index is -0.444. The van der Waals surface area contributed by atoms with Crippen molar-refractivity contribution in [3.05, 3.63) is 23.8 Å². The molecule has 2 aliphatic rings. The van der Waals surface area contributed by atoms with Crippen LogP contribution in [-0.4, -0.2) is 42.8 Å². The van der Waals surface area contributed by atoms with Crippen molar-refractivity contribution in [2.75, 3.05) is 36.8 Å². The first-order valence-electron chi connectivity index (χ1n) is 9.46. The van der Waals surface area contributed by atoms with Crippen LogP contribution >= 0.6 is 0 Å². The summed E-state index contributed by atoms with van der Waals surface area (Å²) in [6.07, 6.45) is 4.93. The van der Waals surface area contributed by atoms with E-state index in [1.165, 1.54) is 36.9 Å². The molecule has 1 aliphatic carbocycles. The van der Waals surface area contributed by atoms with Gasteiger partial charge in [0.25, 0.3) is 0 Å². The maximum atomic E-state index is 12.2. The number of hydrogen-bond donors (Lipinski definition) is 1. The molecule has 0 radical (unpaired) electrons. The maximum absolute atomic E-state index is 12.2. The molecular weight excluding hydrogens is 314 g/mol. The molecule has 3 rings (SSSR count). The number of benzene rings is 1. The Balaban J connectivity index is 1.68. The summed E-state index contributed by atoms with van der Waals surface area (Å²) in [6, 6.07) is 6.31. The van der Waals surface area contributed by atoms with Gasteiger partial charge in [0.1, 0.15) is 5.60 Å². The van der Waals surface area contributed by atoms with Gasteiger partial charge < -0.3 is 20.3 Å². The highest BCUT2D eigenvalue weighted by atomic mass is 16.6. The number of hydrogen-bond acceptors (Lipinski definition) is 4. The first kappa shape index (κ1) is 17.9. The van der Waals surface area contributed by atoms with Gasteiger partial charge in [0.15, 0.2) is 0 Å². The lowest BCUT2D eigenvalue weighted by molar-refractivity contribution is 0.0240. The summed E-state index contributed by atoms with van der Waals surface area (Å²) in [5.74, 6) is 0.627. The van der Waals surface area contributed by atoms with Crippen LogP contribution in [-0.2, 0) is 4.74 Å². The molecule has 0 unspecified atom stereocenters. The summed E-state index contributed by atoms with van der Waals surface area (Å²) in [4.78, 5) is 16.5. The molecule has 5 heteroatoms. The highest BCUT2D eigenvalue weighted by Gasteiger charge is 2.28. The lowest BCUT2D eigenvalue weighted by Crippen LogP contribution is -2.50. The van der Waals surface area contributed by atoms with Gasteiger partial charge in [0.05, 0.1) is 0 Å². The summed E-state index contributed by atoms with van der Waals surface area (Å²) in [5, 5.41) is 0. The van der Waals surface area contributed by atoms with Crippen molar-refractivity contribution < 1.29 is 9.53 Å². The van der Waals surface area contributed by atoms with Crippen molar-refractivity contribution in [2.45, 2.75) is 58.0 Å². The summed E-state index contributed by atoms with van der Waals surface area (Å²) in [7, 11) is 0. The van der Waals surface area contributed by atoms with Crippen LogP contribution in [0, 0.1) is 0 Å². The van der Waals surface area contributed by atoms with Crippen LogP contribution < -0.4 is 10.6 Å². The lowest BCUT2D eigenvalue weighted by atomic mass is 9.94. The molecule has 1 aromatic carbocycles. The van der Waals surface area contributed by atoms with Gasteiger partial charge in [-0.3, -0.25) is 0 Å². The summed E-state index contributed by atoms with van der Waals surface area (Å²) in [6.45, 7) is 8.79. The largest absolute Gasteiger partial charge is 0.444 e. The molecule has 0 spiro atoms. The van der Waals surface area contributed by atoms with Crippen molar-refractivity contribution in [1.29, 1.82) is 0 Å². The summed E-state index contributed by atoms with van der Waals surface area (Å²) in [5.41, 5.74) is 9.15. The van der Waals surface area contributed by atoms with Crippen LogP contribution in [0.15, 0.2) is 18.2 Å². The zero-order valence-electron chi connectivity index (χ0n) is 15.8. The number of amides is 1. The van der Waals surface area contributed by atoms with E-state index in [0.29, 0.717) is 19.0 Å². The van der Waals surface area contributed by atoms with E-state index in [4.69, 9.17) is 10.5 Å². The van der Waals surface area contributed by atoms with Crippen LogP contribution in [0.25, 0.3) is 0 Å². The Morgan fingerprint density at radius 3 is 2.36 bits per heavy atom. The fraction of sp³-hybridized carbons (Fsp3) is 0.650. The van der Waals surface area contributed by atoms with Crippen molar-refractivity contribution in [2.24, 2.45) is 0 Å². The molecule has 0 aromatic heterocycles. The van der Waals surface area contributed by atoms with Gasteiger partial charge in [-0.05, 0) is 63.3 Å². The Hall–Kier alpha value is -1.91. The molecule has 2 fully saturated rings. The Morgan fingerprint density at radius 1 is 1.12 bits per heavy atom. The third kappa shape index (κ3) is 4.39. The Bertz CT molecular complexity index is 610. The Kier molecular flexibility index (Phi) is 5.11. The SMILES string of the molecule is CC(C)(C)OC(=O)N1CCN(c2ccc(N)cc2C2CCCC2)CC1. The predicted octanol–water partition coefficient (Wildman–Crippen LogP) is 3.98. The van der Waals surface area contributed by atoms with E-state index < -0.39 is 5.60 Å². The molecule has 1 heterocycles. The number of carbonyl (C=O) groups excluding carboxylic acids is 1. The fourth-order valence-electron chi connectivity index (χ4n) is 3.88. The first-order chi connectivity index (χ1) is 11.8. The smallest absolute Gasteiger partial charge is 0.410 e. The molecule has 0 bridgehead atoms. The van der Waals surface area contributed by atoms with Gasteiger partial charge in [-0.25, -0.2) is 4.79 Å². The second kappa shape index (κ2) is 7.14. The van der Waals surface area contributed by atoms with Gasteiger partial charge in [0.2, 0.25) is 0 Å². The molecule has 1 aromatic rings. The number of ether oxygens (including phenoxy) is 1. The van der Waals surface area contributed by atoms with E-state index in [-0.39, 0.29) is 6.09 Å². The molecule has 1 saturated carbocycles. The van der Waals surface area contributed by atoms with Gasteiger partial charge in [-0.2, -0.15) is 0 Å².